The van der Waals surface area contributed by atoms with Crippen LogP contribution in [-0.4, -0.2) is 6.61 Å². The molecule has 1 nitrogen and oxygen atoms in total. The van der Waals surface area contributed by atoms with Crippen LogP contribution in [0.1, 0.15) is 39.5 Å². The minimum atomic E-state index is 0. The molecule has 11 heavy (non-hydrogen) atoms. The maximum absolute atomic E-state index is 5.09. The summed E-state index contributed by atoms with van der Waals surface area (Å²) in [5, 5.41) is 0. The molecule has 0 bridgehead atoms. The van der Waals surface area contributed by atoms with Gasteiger partial charge in [0, 0.05) is 0 Å². The van der Waals surface area contributed by atoms with Crippen LogP contribution < -0.4 is 0 Å². The van der Waals surface area contributed by atoms with E-state index in [0.29, 0.717) is 0 Å². The van der Waals surface area contributed by atoms with Gasteiger partial charge in [-0.1, -0.05) is 0 Å². The molecule has 1 atom stereocenters. The fourth-order valence-electron chi connectivity index (χ4n) is 1.02. The average Bonchev–Trinajstić information content (AvgIpc) is 1.98. The molecule has 0 heterocycles. The molecule has 0 amide bonds. The monoisotopic (exact) mass is 213 g/mol. The van der Waals surface area contributed by atoms with Crippen molar-refractivity contribution in [3.8, 4) is 0 Å². The number of rotatable bonds is 6. The first-order valence-electron chi connectivity index (χ1n) is 4.13. The summed E-state index contributed by atoms with van der Waals surface area (Å²) in [5.74, 6) is 0.796. The molecular weight excluding hydrogens is 195 g/mol. The largest absolute Gasteiger partial charge is 0.147 e. The topological polar surface area (TPSA) is 9.23 Å². The predicted octanol–water partition coefficient (Wildman–Crippen LogP) is 3.10. The third kappa shape index (κ3) is 8.87. The molecule has 0 fully saturated rings. The van der Waals surface area contributed by atoms with Gasteiger partial charge in [-0.15, -0.1) is 12.4 Å². The van der Waals surface area contributed by atoms with Crippen molar-refractivity contribution in [2.45, 2.75) is 39.5 Å². The molecule has 0 spiro atoms. The Morgan fingerprint density at radius 2 is 2.00 bits per heavy atom. The predicted molar refractivity (Wildman–Crippen MR) is 46.5 cm³/mol. The van der Waals surface area contributed by atoms with Crippen LogP contribution in [0, 0.1) is 5.92 Å². The summed E-state index contributed by atoms with van der Waals surface area (Å²) >= 11 is 1.79. The minimum absolute atomic E-state index is 0. The Hall–Kier alpha value is 0.964. The number of hydrogen-bond acceptors (Lipinski definition) is 1. The van der Waals surface area contributed by atoms with Gasteiger partial charge in [-0.05, 0) is 0 Å². The number of unbranched alkanes of at least 4 members (excludes halogenated alkanes) is 1. The Kier molecular flexibility index (Phi) is 14.4. The van der Waals surface area contributed by atoms with Crippen LogP contribution >= 0.6 is 12.4 Å². The molecule has 0 N–H and O–H groups in total. The summed E-state index contributed by atoms with van der Waals surface area (Å²) in [6.45, 7) is 5.41. The molecule has 0 radical (unpaired) electrons. The molecular formula is C8H18ClOTi. The molecule has 0 rings (SSSR count). The summed E-state index contributed by atoms with van der Waals surface area (Å²) in [6.07, 6.45) is 5.25. The van der Waals surface area contributed by atoms with Crippen LogP contribution in [-0.2, 0) is 24.1 Å². The van der Waals surface area contributed by atoms with Gasteiger partial charge in [0.2, 0.25) is 0 Å². The van der Waals surface area contributed by atoms with E-state index in [1.807, 2.05) is 0 Å². The molecule has 0 aromatic heterocycles. The zero-order valence-electron chi connectivity index (χ0n) is 7.43. The molecule has 67 valence electrons. The second-order valence-electron chi connectivity index (χ2n) is 2.73. The Labute approximate surface area is 88.6 Å². The number of halogens is 1. The Morgan fingerprint density at radius 1 is 1.36 bits per heavy atom. The third-order valence-corrected chi connectivity index (χ3v) is 2.12. The summed E-state index contributed by atoms with van der Waals surface area (Å²) in [6, 6.07) is 0. The third-order valence-electron chi connectivity index (χ3n) is 1.86. The van der Waals surface area contributed by atoms with E-state index in [-0.39, 0.29) is 12.4 Å². The maximum atomic E-state index is 5.09. The standard InChI is InChI=1S/C8H17O.ClH.Ti/c1-3-5-6-8(4-2)7-9;;/h8H,3-7H2,1-2H3;1H;/q-1;;+1. The summed E-state index contributed by atoms with van der Waals surface area (Å²) in [4.78, 5) is 0. The molecule has 0 aliphatic rings. The Morgan fingerprint density at radius 3 is 2.36 bits per heavy atom. The second-order valence-corrected chi connectivity index (χ2v) is 3.18. The van der Waals surface area contributed by atoms with Crippen molar-refractivity contribution in [1.29, 1.82) is 0 Å². The molecule has 0 aliphatic heterocycles. The van der Waals surface area contributed by atoms with Gasteiger partial charge in [0.15, 0.2) is 0 Å². The van der Waals surface area contributed by atoms with Gasteiger partial charge < -0.3 is 0 Å². The van der Waals surface area contributed by atoms with Gasteiger partial charge in [0.25, 0.3) is 0 Å². The molecule has 0 aromatic rings. The van der Waals surface area contributed by atoms with Crippen LogP contribution in [0.3, 0.4) is 0 Å². The van der Waals surface area contributed by atoms with Crippen molar-refractivity contribution >= 4 is 12.4 Å². The van der Waals surface area contributed by atoms with Gasteiger partial charge in [-0.2, -0.15) is 0 Å². The summed E-state index contributed by atoms with van der Waals surface area (Å²) in [7, 11) is 0. The van der Waals surface area contributed by atoms with Gasteiger partial charge in [0.1, 0.15) is 0 Å². The van der Waals surface area contributed by atoms with E-state index < -0.39 is 0 Å². The van der Waals surface area contributed by atoms with Gasteiger partial charge in [-0.25, -0.2) is 0 Å². The first kappa shape index (κ1) is 14.5. The van der Waals surface area contributed by atoms with Crippen molar-refractivity contribution in [2.75, 3.05) is 6.61 Å². The van der Waals surface area contributed by atoms with E-state index >= 15 is 0 Å². The van der Waals surface area contributed by atoms with Crippen molar-refractivity contribution < 1.29 is 24.1 Å². The van der Waals surface area contributed by atoms with Gasteiger partial charge in [0.05, 0.1) is 0 Å². The van der Waals surface area contributed by atoms with E-state index in [1.54, 1.807) is 20.8 Å². The first-order chi connectivity index (χ1) is 4.85. The quantitative estimate of drug-likeness (QED) is 0.616. The van der Waals surface area contributed by atoms with Gasteiger partial charge >= 0.3 is 76.2 Å². The Balaban J connectivity index is 0. The normalized spacial score (nSPS) is 12.1. The second kappa shape index (κ2) is 11.0. The van der Waals surface area contributed by atoms with Crippen molar-refractivity contribution in [2.24, 2.45) is 5.92 Å². The van der Waals surface area contributed by atoms with Crippen LogP contribution in [0.25, 0.3) is 0 Å². The van der Waals surface area contributed by atoms with Crippen molar-refractivity contribution in [1.82, 2.24) is 0 Å². The molecule has 0 saturated carbocycles. The fraction of sp³-hybridized carbons (Fsp3) is 1.00. The first-order valence-corrected chi connectivity index (χ1v) is 4.77. The molecule has 3 heteroatoms. The smallest absolute Gasteiger partial charge is 0.147 e. The van der Waals surface area contributed by atoms with E-state index in [0.717, 1.165) is 12.5 Å². The van der Waals surface area contributed by atoms with E-state index in [2.05, 4.69) is 13.8 Å². The molecule has 0 aliphatic carbocycles. The van der Waals surface area contributed by atoms with Crippen molar-refractivity contribution in [3.05, 3.63) is 0 Å². The molecule has 0 aromatic carbocycles. The summed E-state index contributed by atoms with van der Waals surface area (Å²) < 4.78 is 5.09. The maximum Gasteiger partial charge on any atom is -0.147 e. The van der Waals surface area contributed by atoms with E-state index in [1.165, 1.54) is 25.7 Å². The molecule has 0 saturated heterocycles. The van der Waals surface area contributed by atoms with E-state index in [9.17, 15) is 0 Å². The average molecular weight is 214 g/mol. The number of hydrogen-bond donors (Lipinski definition) is 0. The zero-order valence-corrected chi connectivity index (χ0v) is 9.81. The van der Waals surface area contributed by atoms with Crippen LogP contribution in [0.15, 0.2) is 0 Å². The van der Waals surface area contributed by atoms with Crippen LogP contribution in [0.2, 0.25) is 0 Å². The van der Waals surface area contributed by atoms with Crippen molar-refractivity contribution in [3.63, 3.8) is 0 Å². The van der Waals surface area contributed by atoms with E-state index in [4.69, 9.17) is 3.32 Å². The van der Waals surface area contributed by atoms with Crippen LogP contribution in [0.4, 0.5) is 0 Å². The Bertz CT molecular complexity index is 71.1. The zero-order chi connectivity index (χ0) is 7.82. The SMILES string of the molecule is CCCCC(CC)C[O][Ti].Cl. The summed E-state index contributed by atoms with van der Waals surface area (Å²) in [5.41, 5.74) is 0. The van der Waals surface area contributed by atoms with Gasteiger partial charge in [-0.3, -0.25) is 0 Å². The van der Waals surface area contributed by atoms with Crippen LogP contribution in [0.5, 0.6) is 0 Å². The fourth-order valence-corrected chi connectivity index (χ4v) is 1.38. The molecule has 1 unspecified atom stereocenters. The minimum Gasteiger partial charge on any atom is -0.147 e.